The summed E-state index contributed by atoms with van der Waals surface area (Å²) < 4.78 is 16.7. The predicted octanol–water partition coefficient (Wildman–Crippen LogP) is 3.29. The number of amides is 1. The first-order valence-electron chi connectivity index (χ1n) is 7.94. The maximum Gasteiger partial charge on any atom is 0.264 e. The highest BCUT2D eigenvalue weighted by Gasteiger charge is 2.22. The second-order valence-corrected chi connectivity index (χ2v) is 6.33. The van der Waals surface area contributed by atoms with Crippen molar-refractivity contribution in [2.24, 2.45) is 0 Å². The highest BCUT2D eigenvalue weighted by molar-refractivity contribution is 8.18. The van der Waals surface area contributed by atoms with Gasteiger partial charge in [-0.15, -0.1) is 0 Å². The summed E-state index contributed by atoms with van der Waals surface area (Å²) in [6.45, 7) is 0.693. The third-order valence-corrected chi connectivity index (χ3v) is 4.37. The van der Waals surface area contributed by atoms with Gasteiger partial charge in [-0.1, -0.05) is 30.3 Å². The number of hydrogen-bond donors (Lipinski definition) is 2. The van der Waals surface area contributed by atoms with Crippen LogP contribution in [0.25, 0.3) is 6.08 Å². The summed E-state index contributed by atoms with van der Waals surface area (Å²) in [5, 5.41) is 10.1. The molecule has 2 N–H and O–H groups in total. The lowest BCUT2D eigenvalue weighted by Crippen LogP contribution is -2.18. The molecule has 26 heavy (non-hydrogen) atoms. The Labute approximate surface area is 155 Å². The largest absolute Gasteiger partial charge is 0.493 e. The number of ether oxygens (including phenoxy) is 3. The molecule has 134 valence electrons. The van der Waals surface area contributed by atoms with E-state index in [0.717, 1.165) is 17.3 Å². The lowest BCUT2D eigenvalue weighted by atomic mass is 10.2. The Morgan fingerprint density at radius 3 is 2.27 bits per heavy atom. The van der Waals surface area contributed by atoms with Crippen LogP contribution in [0.5, 0.6) is 17.2 Å². The van der Waals surface area contributed by atoms with Crippen LogP contribution >= 0.6 is 11.8 Å². The Hall–Kier alpha value is -2.93. The predicted molar refractivity (Wildman–Crippen MR) is 102 cm³/mol. The van der Waals surface area contributed by atoms with Gasteiger partial charge in [-0.3, -0.25) is 10.2 Å². The lowest BCUT2D eigenvalue weighted by Gasteiger charge is -2.12. The van der Waals surface area contributed by atoms with E-state index in [-0.39, 0.29) is 11.1 Å². The summed E-state index contributed by atoms with van der Waals surface area (Å²) in [4.78, 5) is 12.2. The van der Waals surface area contributed by atoms with Crippen LogP contribution in [0.2, 0.25) is 0 Å². The van der Waals surface area contributed by atoms with Crippen molar-refractivity contribution in [2.45, 2.75) is 0 Å². The minimum absolute atomic E-state index is 0.129. The summed E-state index contributed by atoms with van der Waals surface area (Å²) in [5.41, 5.74) is 0.775. The quantitative estimate of drug-likeness (QED) is 0.577. The number of nitrogens with one attached hydrogen (secondary N) is 2. The standard InChI is InChI=1S/C19H18N2O4S/c1-23-15-8-4-5-9-16(15)25-11-10-24-14-7-3-2-6-13(14)12-17-18(22)21-19(20)26-17/h2-9,12H,10-11H2,1H3,(H2,20,21,22). The zero-order valence-corrected chi connectivity index (χ0v) is 15.0. The number of carbonyl (C=O) groups is 1. The van der Waals surface area contributed by atoms with Crippen molar-refractivity contribution < 1.29 is 19.0 Å². The summed E-state index contributed by atoms with van der Waals surface area (Å²) >= 11 is 1.10. The minimum atomic E-state index is -0.269. The first-order valence-corrected chi connectivity index (χ1v) is 8.76. The molecule has 1 aliphatic rings. The molecule has 2 aromatic carbocycles. The fraction of sp³-hybridized carbons (Fsp3) is 0.158. The molecular formula is C19H18N2O4S. The zero-order chi connectivity index (χ0) is 18.4. The molecule has 0 spiro atoms. The molecule has 0 saturated carbocycles. The molecule has 1 fully saturated rings. The van der Waals surface area contributed by atoms with E-state index in [4.69, 9.17) is 19.6 Å². The molecular weight excluding hydrogens is 352 g/mol. The van der Waals surface area contributed by atoms with Crippen LogP contribution < -0.4 is 19.5 Å². The Bertz CT molecular complexity index is 851. The molecule has 1 heterocycles. The SMILES string of the molecule is COc1ccccc1OCCOc1ccccc1C=C1SC(=N)NC1=O. The van der Waals surface area contributed by atoms with Gasteiger partial charge in [0.2, 0.25) is 0 Å². The van der Waals surface area contributed by atoms with Crippen LogP contribution in [0.15, 0.2) is 53.4 Å². The van der Waals surface area contributed by atoms with Gasteiger partial charge in [-0.25, -0.2) is 0 Å². The zero-order valence-electron chi connectivity index (χ0n) is 14.2. The van der Waals surface area contributed by atoms with Crippen molar-refractivity contribution >= 4 is 28.9 Å². The average molecular weight is 370 g/mol. The second-order valence-electron chi connectivity index (χ2n) is 5.28. The number of para-hydroxylation sites is 3. The van der Waals surface area contributed by atoms with Gasteiger partial charge in [0.15, 0.2) is 16.7 Å². The van der Waals surface area contributed by atoms with Crippen molar-refractivity contribution in [1.82, 2.24) is 5.32 Å². The van der Waals surface area contributed by atoms with Crippen LogP contribution in [0.1, 0.15) is 5.56 Å². The van der Waals surface area contributed by atoms with Gasteiger partial charge in [0.25, 0.3) is 5.91 Å². The topological polar surface area (TPSA) is 80.6 Å². The molecule has 1 aliphatic heterocycles. The highest BCUT2D eigenvalue weighted by atomic mass is 32.2. The summed E-state index contributed by atoms with van der Waals surface area (Å²) in [7, 11) is 1.60. The molecule has 0 aromatic heterocycles. The summed E-state index contributed by atoms with van der Waals surface area (Å²) in [6.07, 6.45) is 1.72. The van der Waals surface area contributed by atoms with Crippen LogP contribution in [-0.2, 0) is 4.79 Å². The van der Waals surface area contributed by atoms with E-state index in [1.165, 1.54) is 0 Å². The smallest absolute Gasteiger partial charge is 0.264 e. The monoisotopic (exact) mass is 370 g/mol. The third kappa shape index (κ3) is 4.37. The molecule has 0 radical (unpaired) electrons. The Morgan fingerprint density at radius 1 is 1.00 bits per heavy atom. The summed E-state index contributed by atoms with van der Waals surface area (Å²) in [6, 6.07) is 14.8. The van der Waals surface area contributed by atoms with E-state index in [1.807, 2.05) is 48.5 Å². The van der Waals surface area contributed by atoms with E-state index in [0.29, 0.717) is 35.4 Å². The van der Waals surface area contributed by atoms with E-state index >= 15 is 0 Å². The second kappa shape index (κ2) is 8.44. The van der Waals surface area contributed by atoms with E-state index in [9.17, 15) is 4.79 Å². The van der Waals surface area contributed by atoms with E-state index < -0.39 is 0 Å². The molecule has 0 unspecified atom stereocenters. The molecule has 0 aliphatic carbocycles. The average Bonchev–Trinajstić information content (AvgIpc) is 2.97. The van der Waals surface area contributed by atoms with Crippen molar-refractivity contribution in [2.75, 3.05) is 20.3 Å². The Balaban J connectivity index is 1.61. The molecule has 3 rings (SSSR count). The molecule has 1 amide bonds. The maximum atomic E-state index is 11.8. The van der Waals surface area contributed by atoms with Gasteiger partial charge in [0.1, 0.15) is 19.0 Å². The first-order chi connectivity index (χ1) is 12.7. The van der Waals surface area contributed by atoms with Crippen molar-refractivity contribution in [3.05, 3.63) is 59.0 Å². The third-order valence-electron chi connectivity index (χ3n) is 3.54. The van der Waals surface area contributed by atoms with Crippen LogP contribution in [0.3, 0.4) is 0 Å². The van der Waals surface area contributed by atoms with Gasteiger partial charge < -0.3 is 19.5 Å². The number of hydrogen-bond acceptors (Lipinski definition) is 6. The number of rotatable bonds is 7. The van der Waals surface area contributed by atoms with Gasteiger partial charge in [-0.05, 0) is 36.0 Å². The van der Waals surface area contributed by atoms with Crippen LogP contribution in [-0.4, -0.2) is 31.4 Å². The highest BCUT2D eigenvalue weighted by Crippen LogP contribution is 2.29. The van der Waals surface area contributed by atoms with E-state index in [1.54, 1.807) is 13.2 Å². The number of thioether (sulfide) groups is 1. The van der Waals surface area contributed by atoms with Crippen LogP contribution in [0.4, 0.5) is 0 Å². The Kier molecular flexibility index (Phi) is 5.80. The molecule has 7 heteroatoms. The molecule has 0 atom stereocenters. The molecule has 1 saturated heterocycles. The van der Waals surface area contributed by atoms with Gasteiger partial charge in [0, 0.05) is 5.56 Å². The minimum Gasteiger partial charge on any atom is -0.493 e. The van der Waals surface area contributed by atoms with E-state index in [2.05, 4.69) is 5.32 Å². The Morgan fingerprint density at radius 2 is 1.62 bits per heavy atom. The fourth-order valence-corrected chi connectivity index (χ4v) is 3.05. The number of carbonyl (C=O) groups excluding carboxylic acids is 1. The molecule has 2 aromatic rings. The van der Waals surface area contributed by atoms with Gasteiger partial charge in [0.05, 0.1) is 12.0 Å². The number of amidine groups is 1. The van der Waals surface area contributed by atoms with Gasteiger partial charge >= 0.3 is 0 Å². The fourth-order valence-electron chi connectivity index (χ4n) is 2.36. The van der Waals surface area contributed by atoms with Crippen molar-refractivity contribution in [3.8, 4) is 17.2 Å². The van der Waals surface area contributed by atoms with Gasteiger partial charge in [-0.2, -0.15) is 0 Å². The maximum absolute atomic E-state index is 11.8. The molecule has 0 bridgehead atoms. The first kappa shape index (κ1) is 17.9. The summed E-state index contributed by atoms with van der Waals surface area (Å²) in [5.74, 6) is 1.71. The lowest BCUT2D eigenvalue weighted by molar-refractivity contribution is -0.115. The normalized spacial score (nSPS) is 15.0. The molecule has 6 nitrogen and oxygen atoms in total. The van der Waals surface area contributed by atoms with Crippen LogP contribution in [0, 0.1) is 5.41 Å². The number of benzene rings is 2. The van der Waals surface area contributed by atoms with Crippen molar-refractivity contribution in [3.63, 3.8) is 0 Å². The number of methoxy groups -OCH3 is 1. The van der Waals surface area contributed by atoms with Crippen molar-refractivity contribution in [1.29, 1.82) is 5.41 Å².